The predicted octanol–water partition coefficient (Wildman–Crippen LogP) is 4.22. The normalized spacial score (nSPS) is 20.1. The van der Waals surface area contributed by atoms with Gasteiger partial charge in [0.1, 0.15) is 17.4 Å². The van der Waals surface area contributed by atoms with E-state index < -0.39 is 11.4 Å². The van der Waals surface area contributed by atoms with E-state index in [1.807, 2.05) is 16.7 Å². The average Bonchev–Trinajstić information content (AvgIpc) is 3.55. The SMILES string of the molecule is NC(=O)[C@@]1(N)CCN(c2cc(Cl)cc(-c3cccc(C4CCCCC4)c3)c2Cn2cnc3c(N)ncnc32)C1. The highest BCUT2D eigenvalue weighted by molar-refractivity contribution is 6.31. The van der Waals surface area contributed by atoms with Crippen LogP contribution in [0.15, 0.2) is 49.1 Å². The van der Waals surface area contributed by atoms with Gasteiger partial charge in [-0.1, -0.05) is 55.1 Å². The van der Waals surface area contributed by atoms with Gasteiger partial charge in [0.2, 0.25) is 5.91 Å². The molecule has 1 saturated heterocycles. The van der Waals surface area contributed by atoms with Crippen molar-refractivity contribution in [1.82, 2.24) is 19.5 Å². The number of imidazole rings is 1. The Hall–Kier alpha value is -3.69. The van der Waals surface area contributed by atoms with Gasteiger partial charge < -0.3 is 26.7 Å². The molecule has 2 aromatic heterocycles. The largest absolute Gasteiger partial charge is 0.382 e. The zero-order valence-electron chi connectivity index (χ0n) is 21.8. The molecule has 2 aliphatic rings. The fourth-order valence-corrected chi connectivity index (χ4v) is 6.36. The number of aromatic nitrogens is 4. The summed E-state index contributed by atoms with van der Waals surface area (Å²) in [5.41, 5.74) is 23.7. The van der Waals surface area contributed by atoms with E-state index in [4.69, 9.17) is 28.8 Å². The lowest BCUT2D eigenvalue weighted by atomic mass is 9.83. The molecule has 0 bridgehead atoms. The van der Waals surface area contributed by atoms with E-state index in [0.717, 1.165) is 22.4 Å². The quantitative estimate of drug-likeness (QED) is 0.330. The Balaban J connectivity index is 1.49. The van der Waals surface area contributed by atoms with Gasteiger partial charge in [-0.05, 0) is 54.0 Å². The molecule has 1 atom stereocenters. The highest BCUT2D eigenvalue weighted by atomic mass is 35.5. The molecule has 0 radical (unpaired) electrons. The molecule has 9 nitrogen and oxygen atoms in total. The Bertz CT molecular complexity index is 1550. The van der Waals surface area contributed by atoms with Gasteiger partial charge in [0.25, 0.3) is 0 Å². The number of nitrogens with zero attached hydrogens (tertiary/aromatic N) is 5. The molecule has 2 aromatic carbocycles. The van der Waals surface area contributed by atoms with Gasteiger partial charge in [-0.3, -0.25) is 4.79 Å². The van der Waals surface area contributed by atoms with Crippen LogP contribution in [-0.4, -0.2) is 44.1 Å². The number of anilines is 2. The molecule has 39 heavy (non-hydrogen) atoms. The van der Waals surface area contributed by atoms with Crippen LogP contribution in [0.4, 0.5) is 11.5 Å². The van der Waals surface area contributed by atoms with Gasteiger partial charge in [0, 0.05) is 29.4 Å². The van der Waals surface area contributed by atoms with Crippen molar-refractivity contribution >= 4 is 40.2 Å². The van der Waals surface area contributed by atoms with E-state index in [1.165, 1.54) is 44.0 Å². The van der Waals surface area contributed by atoms with Crippen LogP contribution in [-0.2, 0) is 11.3 Å². The topological polar surface area (TPSA) is 142 Å². The van der Waals surface area contributed by atoms with E-state index in [0.29, 0.717) is 54.0 Å². The van der Waals surface area contributed by atoms with Gasteiger partial charge in [-0.2, -0.15) is 0 Å². The first-order valence-corrected chi connectivity index (χ1v) is 13.9. The average molecular weight is 545 g/mol. The van der Waals surface area contributed by atoms with E-state index >= 15 is 0 Å². The van der Waals surface area contributed by atoms with Crippen molar-refractivity contribution in [3.05, 3.63) is 65.2 Å². The van der Waals surface area contributed by atoms with Crippen molar-refractivity contribution in [3.8, 4) is 11.1 Å². The van der Waals surface area contributed by atoms with Crippen molar-refractivity contribution in [1.29, 1.82) is 0 Å². The number of nitrogens with two attached hydrogens (primary N) is 3. The number of amides is 1. The summed E-state index contributed by atoms with van der Waals surface area (Å²) in [6.45, 7) is 1.37. The number of rotatable bonds is 6. The molecule has 1 amide bonds. The summed E-state index contributed by atoms with van der Waals surface area (Å²) in [4.78, 5) is 27.3. The second kappa shape index (κ2) is 10.1. The first-order valence-electron chi connectivity index (χ1n) is 13.5. The van der Waals surface area contributed by atoms with Crippen LogP contribution < -0.4 is 22.1 Å². The summed E-state index contributed by atoms with van der Waals surface area (Å²) in [5.74, 6) is 0.413. The van der Waals surface area contributed by atoms with Crippen molar-refractivity contribution < 1.29 is 4.79 Å². The molecular formula is C29H33ClN8O. The van der Waals surface area contributed by atoms with Crippen molar-refractivity contribution in [2.75, 3.05) is 23.7 Å². The molecule has 1 aliphatic heterocycles. The van der Waals surface area contributed by atoms with Gasteiger partial charge in [-0.25, -0.2) is 15.0 Å². The van der Waals surface area contributed by atoms with Gasteiger partial charge in [0.15, 0.2) is 11.5 Å². The minimum absolute atomic E-state index is 0.316. The number of primary amides is 1. The van der Waals surface area contributed by atoms with Crippen LogP contribution in [0.1, 0.15) is 55.6 Å². The summed E-state index contributed by atoms with van der Waals surface area (Å²) >= 11 is 6.76. The molecule has 3 heterocycles. The van der Waals surface area contributed by atoms with Crippen LogP contribution in [0.2, 0.25) is 5.02 Å². The lowest BCUT2D eigenvalue weighted by molar-refractivity contribution is -0.122. The number of benzene rings is 2. The summed E-state index contributed by atoms with van der Waals surface area (Å²) in [6, 6.07) is 12.8. The van der Waals surface area contributed by atoms with E-state index in [-0.39, 0.29) is 0 Å². The minimum Gasteiger partial charge on any atom is -0.382 e. The molecule has 1 aliphatic carbocycles. The van der Waals surface area contributed by atoms with E-state index in [9.17, 15) is 4.79 Å². The molecule has 6 rings (SSSR count). The third kappa shape index (κ3) is 4.81. The fraction of sp³-hybridized carbons (Fsp3) is 0.379. The zero-order valence-corrected chi connectivity index (χ0v) is 22.6. The Kier molecular flexibility index (Phi) is 6.64. The Morgan fingerprint density at radius 2 is 1.92 bits per heavy atom. The Morgan fingerprint density at radius 1 is 1.10 bits per heavy atom. The monoisotopic (exact) mass is 544 g/mol. The predicted molar refractivity (Wildman–Crippen MR) is 154 cm³/mol. The van der Waals surface area contributed by atoms with Crippen LogP contribution in [0.3, 0.4) is 0 Å². The fourth-order valence-electron chi connectivity index (χ4n) is 6.15. The Labute approximate surface area is 232 Å². The zero-order chi connectivity index (χ0) is 27.1. The van der Waals surface area contributed by atoms with Gasteiger partial charge in [0.05, 0.1) is 12.9 Å². The molecule has 1 saturated carbocycles. The summed E-state index contributed by atoms with van der Waals surface area (Å²) in [5, 5.41) is 0.613. The number of hydrogen-bond acceptors (Lipinski definition) is 7. The number of hydrogen-bond donors (Lipinski definition) is 3. The number of fused-ring (bicyclic) bond motifs is 1. The molecule has 0 unspecified atom stereocenters. The van der Waals surface area contributed by atoms with Crippen LogP contribution in [0, 0.1) is 0 Å². The molecular weight excluding hydrogens is 512 g/mol. The third-order valence-electron chi connectivity index (χ3n) is 8.36. The molecule has 6 N–H and O–H groups in total. The maximum Gasteiger partial charge on any atom is 0.239 e. The summed E-state index contributed by atoms with van der Waals surface area (Å²) in [6.07, 6.45) is 9.95. The van der Waals surface area contributed by atoms with Crippen LogP contribution in [0.5, 0.6) is 0 Å². The highest BCUT2D eigenvalue weighted by Gasteiger charge is 2.40. The lowest BCUT2D eigenvalue weighted by Crippen LogP contribution is -2.53. The maximum atomic E-state index is 12.2. The standard InChI is InChI=1S/C29H33ClN8O/c30-21-12-22(20-8-4-7-19(11-20)18-5-2-1-3-6-18)23(14-38-17-36-25-26(31)34-16-35-27(25)38)24(13-21)37-10-9-29(33,15-37)28(32)39/h4,7-8,11-13,16-18H,1-3,5-6,9-10,14-15,33H2,(H2,32,39)(H2,31,34,35)/t29-/m1/s1. The third-order valence-corrected chi connectivity index (χ3v) is 8.57. The van der Waals surface area contributed by atoms with Crippen molar-refractivity contribution in [3.63, 3.8) is 0 Å². The molecule has 202 valence electrons. The molecule has 2 fully saturated rings. The van der Waals surface area contributed by atoms with Crippen LogP contribution >= 0.6 is 11.6 Å². The first-order chi connectivity index (χ1) is 18.8. The smallest absolute Gasteiger partial charge is 0.239 e. The first kappa shape index (κ1) is 25.6. The Morgan fingerprint density at radius 3 is 2.69 bits per heavy atom. The minimum atomic E-state index is -1.09. The summed E-state index contributed by atoms with van der Waals surface area (Å²) in [7, 11) is 0. The van der Waals surface area contributed by atoms with E-state index in [1.54, 1.807) is 6.33 Å². The number of nitrogen functional groups attached to an aromatic ring is 1. The number of carbonyl (C=O) groups excluding carboxylic acids is 1. The summed E-state index contributed by atoms with van der Waals surface area (Å²) < 4.78 is 1.97. The second-order valence-corrected chi connectivity index (χ2v) is 11.3. The van der Waals surface area contributed by atoms with Gasteiger partial charge in [-0.15, -0.1) is 0 Å². The lowest BCUT2D eigenvalue weighted by Gasteiger charge is -2.27. The maximum absolute atomic E-state index is 12.2. The number of halogens is 1. The molecule has 10 heteroatoms. The highest BCUT2D eigenvalue weighted by Crippen LogP contribution is 2.40. The van der Waals surface area contributed by atoms with Crippen molar-refractivity contribution in [2.45, 2.75) is 56.5 Å². The van der Waals surface area contributed by atoms with Crippen molar-refractivity contribution in [2.24, 2.45) is 11.5 Å². The molecule has 4 aromatic rings. The van der Waals surface area contributed by atoms with Crippen LogP contribution in [0.25, 0.3) is 22.3 Å². The van der Waals surface area contributed by atoms with Gasteiger partial charge >= 0.3 is 0 Å². The molecule has 0 spiro atoms. The van der Waals surface area contributed by atoms with E-state index in [2.05, 4.69) is 44.1 Å². The number of carbonyl (C=O) groups is 1. The second-order valence-electron chi connectivity index (χ2n) is 10.9.